The standard InChI is InChI=1S/C12H25N5O3S3/c1-10(14,5-22)8(19)17-12(15,3-4-21)9(20)16-11(2,6-23)7(13)18/h21-23H,3-6,14-15H2,1-2H3,(H2,13,18)(H,16,20)(H,17,19)/t10-,11-,12?/m1/s1. The summed E-state index contributed by atoms with van der Waals surface area (Å²) in [7, 11) is 0. The molecule has 0 aromatic rings. The van der Waals surface area contributed by atoms with E-state index in [1.807, 2.05) is 0 Å². The lowest BCUT2D eigenvalue weighted by molar-refractivity contribution is -0.138. The summed E-state index contributed by atoms with van der Waals surface area (Å²) >= 11 is 12.0. The van der Waals surface area contributed by atoms with E-state index in [0.29, 0.717) is 0 Å². The lowest BCUT2D eigenvalue weighted by Gasteiger charge is -2.35. The summed E-state index contributed by atoms with van der Waals surface area (Å²) in [6, 6.07) is 0. The van der Waals surface area contributed by atoms with Crippen molar-refractivity contribution in [2.24, 2.45) is 17.2 Å². The summed E-state index contributed by atoms with van der Waals surface area (Å²) in [4.78, 5) is 36.2. The molecule has 0 aromatic heterocycles. The average molecular weight is 384 g/mol. The van der Waals surface area contributed by atoms with E-state index in [4.69, 9.17) is 17.2 Å². The molecule has 0 bridgehead atoms. The van der Waals surface area contributed by atoms with E-state index in [2.05, 4.69) is 48.5 Å². The highest BCUT2D eigenvalue weighted by Crippen LogP contribution is 2.13. The predicted octanol–water partition coefficient (Wildman–Crippen LogP) is -1.99. The molecular weight excluding hydrogens is 358 g/mol. The van der Waals surface area contributed by atoms with Crippen molar-refractivity contribution in [3.8, 4) is 0 Å². The summed E-state index contributed by atoms with van der Waals surface area (Å²) in [6.45, 7) is 2.86. The van der Waals surface area contributed by atoms with Crippen LogP contribution in [-0.4, -0.2) is 51.7 Å². The van der Waals surface area contributed by atoms with Crippen LogP contribution in [-0.2, 0) is 14.4 Å². The normalized spacial score (nSPS) is 18.9. The highest BCUT2D eigenvalue weighted by Gasteiger charge is 2.43. The summed E-state index contributed by atoms with van der Waals surface area (Å²) in [5.41, 5.74) is 12.5. The van der Waals surface area contributed by atoms with Crippen LogP contribution in [0.25, 0.3) is 0 Å². The molecule has 0 aliphatic heterocycles. The van der Waals surface area contributed by atoms with Crippen LogP contribution in [0.5, 0.6) is 0 Å². The molecule has 0 rings (SSSR count). The molecule has 0 saturated carbocycles. The number of primary amides is 1. The Bertz CT molecular complexity index is 477. The maximum atomic E-state index is 12.5. The molecule has 0 spiro atoms. The van der Waals surface area contributed by atoms with E-state index in [9.17, 15) is 14.4 Å². The van der Waals surface area contributed by atoms with Crippen molar-refractivity contribution in [2.75, 3.05) is 17.3 Å². The molecule has 8 nitrogen and oxygen atoms in total. The average Bonchev–Trinajstić information content (AvgIpc) is 2.46. The Kier molecular flexibility index (Phi) is 8.24. The minimum atomic E-state index is -1.80. The molecule has 0 fully saturated rings. The number of hydrogen-bond acceptors (Lipinski definition) is 8. The zero-order valence-electron chi connectivity index (χ0n) is 13.1. The van der Waals surface area contributed by atoms with Crippen LogP contribution >= 0.6 is 37.9 Å². The van der Waals surface area contributed by atoms with E-state index < -0.39 is 34.5 Å². The molecular formula is C12H25N5O3S3. The Balaban J connectivity index is 5.40. The number of amides is 3. The van der Waals surface area contributed by atoms with Gasteiger partial charge in [-0.25, -0.2) is 0 Å². The number of rotatable bonds is 9. The first kappa shape index (κ1) is 22.4. The second-order valence-corrected chi connectivity index (χ2v) is 6.86. The van der Waals surface area contributed by atoms with Crippen LogP contribution < -0.4 is 27.8 Å². The molecule has 3 atom stereocenters. The first-order valence-electron chi connectivity index (χ1n) is 6.74. The van der Waals surface area contributed by atoms with Crippen LogP contribution in [0.15, 0.2) is 0 Å². The molecule has 0 aliphatic carbocycles. The quantitative estimate of drug-likeness (QED) is 0.171. The third-order valence-corrected chi connectivity index (χ3v) is 4.86. The lowest BCUT2D eigenvalue weighted by Crippen LogP contribution is -2.72. The minimum Gasteiger partial charge on any atom is -0.368 e. The van der Waals surface area contributed by atoms with Gasteiger partial charge in [0.1, 0.15) is 11.1 Å². The number of nitrogens with one attached hydrogen (secondary N) is 2. The van der Waals surface area contributed by atoms with Gasteiger partial charge in [0.2, 0.25) is 11.8 Å². The van der Waals surface area contributed by atoms with Gasteiger partial charge in [-0.1, -0.05) is 0 Å². The van der Waals surface area contributed by atoms with Crippen molar-refractivity contribution < 1.29 is 14.4 Å². The van der Waals surface area contributed by atoms with Crippen LogP contribution in [0.2, 0.25) is 0 Å². The second kappa shape index (κ2) is 8.47. The largest absolute Gasteiger partial charge is 0.368 e. The third kappa shape index (κ3) is 5.75. The fraction of sp³-hybridized carbons (Fsp3) is 0.750. The van der Waals surface area contributed by atoms with Crippen LogP contribution in [0.4, 0.5) is 0 Å². The predicted molar refractivity (Wildman–Crippen MR) is 99.6 cm³/mol. The number of hydrogen-bond donors (Lipinski definition) is 8. The Hall–Kier alpha value is -0.620. The minimum absolute atomic E-state index is 0.0117. The van der Waals surface area contributed by atoms with Crippen LogP contribution in [0.3, 0.4) is 0 Å². The fourth-order valence-corrected chi connectivity index (χ4v) is 2.10. The van der Waals surface area contributed by atoms with Gasteiger partial charge >= 0.3 is 0 Å². The zero-order chi connectivity index (χ0) is 18.5. The Morgan fingerprint density at radius 3 is 1.83 bits per heavy atom. The number of nitrogens with two attached hydrogens (primary N) is 3. The first-order chi connectivity index (χ1) is 10.4. The maximum Gasteiger partial charge on any atom is 0.261 e. The van der Waals surface area contributed by atoms with E-state index in [1.165, 1.54) is 13.8 Å². The van der Waals surface area contributed by atoms with Gasteiger partial charge in [-0.2, -0.15) is 37.9 Å². The van der Waals surface area contributed by atoms with Gasteiger partial charge in [0, 0.05) is 17.9 Å². The molecule has 8 N–H and O–H groups in total. The molecule has 11 heteroatoms. The Morgan fingerprint density at radius 1 is 0.957 bits per heavy atom. The van der Waals surface area contributed by atoms with E-state index in [0.717, 1.165) is 0 Å². The summed E-state index contributed by atoms with van der Waals surface area (Å²) in [5, 5.41) is 4.82. The molecule has 0 aromatic carbocycles. The Morgan fingerprint density at radius 2 is 1.48 bits per heavy atom. The summed E-state index contributed by atoms with van der Waals surface area (Å²) < 4.78 is 0. The molecule has 23 heavy (non-hydrogen) atoms. The van der Waals surface area contributed by atoms with E-state index in [1.54, 1.807) is 0 Å². The van der Waals surface area contributed by atoms with Gasteiger partial charge < -0.3 is 27.8 Å². The molecule has 0 aliphatic rings. The van der Waals surface area contributed by atoms with E-state index >= 15 is 0 Å². The number of thiol groups is 3. The molecule has 0 radical (unpaired) electrons. The van der Waals surface area contributed by atoms with E-state index in [-0.39, 0.29) is 23.7 Å². The SMILES string of the molecule is C[C@](CS)(NC(=O)C(N)(CCS)NC(=O)[C@](C)(N)CS)C(N)=O. The summed E-state index contributed by atoms with van der Waals surface area (Å²) in [6.07, 6.45) is 0.0117. The van der Waals surface area contributed by atoms with Crippen molar-refractivity contribution in [3.63, 3.8) is 0 Å². The second-order valence-electron chi connectivity index (χ2n) is 5.78. The first-order valence-corrected chi connectivity index (χ1v) is 8.64. The third-order valence-electron chi connectivity index (χ3n) is 3.34. The van der Waals surface area contributed by atoms with Crippen molar-refractivity contribution in [1.82, 2.24) is 10.6 Å². The van der Waals surface area contributed by atoms with Gasteiger partial charge in [0.15, 0.2) is 5.66 Å². The number of carbonyl (C=O) groups is 3. The van der Waals surface area contributed by atoms with Crippen molar-refractivity contribution in [3.05, 3.63) is 0 Å². The highest BCUT2D eigenvalue weighted by atomic mass is 32.1. The van der Waals surface area contributed by atoms with Crippen molar-refractivity contribution in [1.29, 1.82) is 0 Å². The zero-order valence-corrected chi connectivity index (χ0v) is 15.8. The lowest BCUT2D eigenvalue weighted by atomic mass is 9.98. The van der Waals surface area contributed by atoms with Crippen molar-refractivity contribution >= 4 is 55.6 Å². The van der Waals surface area contributed by atoms with Gasteiger partial charge in [-0.15, -0.1) is 0 Å². The topological polar surface area (TPSA) is 153 Å². The molecule has 134 valence electrons. The molecule has 3 amide bonds. The van der Waals surface area contributed by atoms with Crippen molar-refractivity contribution in [2.45, 2.75) is 37.0 Å². The smallest absolute Gasteiger partial charge is 0.261 e. The monoisotopic (exact) mass is 383 g/mol. The molecule has 0 heterocycles. The molecule has 0 saturated heterocycles. The van der Waals surface area contributed by atoms with Crippen LogP contribution in [0, 0.1) is 0 Å². The summed E-state index contributed by atoms with van der Waals surface area (Å²) in [5.74, 6) is -2.00. The Labute approximate surface area is 152 Å². The fourth-order valence-electron chi connectivity index (χ4n) is 1.37. The van der Waals surface area contributed by atoms with Gasteiger partial charge in [-0.3, -0.25) is 14.4 Å². The maximum absolute atomic E-state index is 12.5. The van der Waals surface area contributed by atoms with Crippen LogP contribution in [0.1, 0.15) is 20.3 Å². The molecule has 1 unspecified atom stereocenters. The number of carbonyl (C=O) groups excluding carboxylic acids is 3. The highest BCUT2D eigenvalue weighted by molar-refractivity contribution is 7.80. The van der Waals surface area contributed by atoms with Gasteiger partial charge in [0.25, 0.3) is 5.91 Å². The van der Waals surface area contributed by atoms with Gasteiger partial charge in [-0.05, 0) is 19.6 Å². The van der Waals surface area contributed by atoms with Gasteiger partial charge in [0.05, 0.1) is 0 Å².